The smallest absolute Gasteiger partial charge is 0.0360 e. The molecular formula is C14H24N2S. The molecule has 1 fully saturated rings. The van der Waals surface area contributed by atoms with Crippen LogP contribution in [0.15, 0.2) is 17.5 Å². The second-order valence-electron chi connectivity index (χ2n) is 5.19. The molecule has 96 valence electrons. The van der Waals surface area contributed by atoms with Crippen molar-refractivity contribution in [1.82, 2.24) is 4.90 Å². The minimum Gasteiger partial charge on any atom is -0.329 e. The van der Waals surface area contributed by atoms with E-state index in [2.05, 4.69) is 36.3 Å². The van der Waals surface area contributed by atoms with Gasteiger partial charge in [-0.1, -0.05) is 26.3 Å². The highest BCUT2D eigenvalue weighted by molar-refractivity contribution is 7.09. The molecule has 1 aliphatic carbocycles. The normalized spacial score (nSPS) is 29.1. The molecule has 1 aromatic rings. The molecule has 0 saturated heterocycles. The van der Waals surface area contributed by atoms with Gasteiger partial charge in [0.05, 0.1) is 0 Å². The summed E-state index contributed by atoms with van der Waals surface area (Å²) in [6, 6.07) is 4.37. The van der Waals surface area contributed by atoms with Crippen molar-refractivity contribution >= 4 is 11.3 Å². The number of rotatable bonds is 5. The molecule has 1 aliphatic rings. The summed E-state index contributed by atoms with van der Waals surface area (Å²) in [5, 5.41) is 2.16. The molecule has 2 nitrogen and oxygen atoms in total. The Labute approximate surface area is 109 Å². The Morgan fingerprint density at radius 2 is 2.41 bits per heavy atom. The lowest BCUT2D eigenvalue weighted by Crippen LogP contribution is -2.55. The molecular weight excluding hydrogens is 228 g/mol. The van der Waals surface area contributed by atoms with Gasteiger partial charge in [0.25, 0.3) is 0 Å². The van der Waals surface area contributed by atoms with Crippen LogP contribution in [-0.4, -0.2) is 23.5 Å². The first kappa shape index (κ1) is 13.1. The lowest BCUT2D eigenvalue weighted by molar-refractivity contribution is 0.0623. The predicted octanol–water partition coefficient (Wildman–Crippen LogP) is 3.09. The van der Waals surface area contributed by atoms with Crippen molar-refractivity contribution in [2.45, 2.75) is 45.2 Å². The standard InChI is InChI=1S/C14H24N2S/c1-3-16(10-13-7-5-9-17-13)14(11-15)8-4-6-12(14)2/h5,7,9,12H,3-4,6,8,10-11,15H2,1-2H3. The van der Waals surface area contributed by atoms with Crippen molar-refractivity contribution in [2.75, 3.05) is 13.1 Å². The van der Waals surface area contributed by atoms with Crippen molar-refractivity contribution in [3.05, 3.63) is 22.4 Å². The van der Waals surface area contributed by atoms with E-state index < -0.39 is 0 Å². The second kappa shape index (κ2) is 5.51. The molecule has 2 N–H and O–H groups in total. The summed E-state index contributed by atoms with van der Waals surface area (Å²) in [5.74, 6) is 0.729. The van der Waals surface area contributed by atoms with Gasteiger partial charge in [-0.3, -0.25) is 4.90 Å². The van der Waals surface area contributed by atoms with Gasteiger partial charge >= 0.3 is 0 Å². The highest BCUT2D eigenvalue weighted by atomic mass is 32.1. The molecule has 1 aromatic heterocycles. The van der Waals surface area contributed by atoms with E-state index in [9.17, 15) is 0 Å². The van der Waals surface area contributed by atoms with Crippen LogP contribution in [0.4, 0.5) is 0 Å². The molecule has 0 aromatic carbocycles. The zero-order valence-electron chi connectivity index (χ0n) is 11.0. The molecule has 0 bridgehead atoms. The fourth-order valence-electron chi connectivity index (χ4n) is 3.31. The van der Waals surface area contributed by atoms with Crippen LogP contribution >= 0.6 is 11.3 Å². The van der Waals surface area contributed by atoms with Crippen LogP contribution in [0.5, 0.6) is 0 Å². The minimum absolute atomic E-state index is 0.249. The highest BCUT2D eigenvalue weighted by Gasteiger charge is 2.43. The Morgan fingerprint density at radius 1 is 1.59 bits per heavy atom. The van der Waals surface area contributed by atoms with Gasteiger partial charge in [-0.25, -0.2) is 0 Å². The fraction of sp³-hybridized carbons (Fsp3) is 0.714. The third-order valence-corrected chi connectivity index (χ3v) is 5.32. The van der Waals surface area contributed by atoms with Gasteiger partial charge in [-0.05, 0) is 36.8 Å². The summed E-state index contributed by atoms with van der Waals surface area (Å²) in [6.45, 7) is 7.59. The maximum absolute atomic E-state index is 6.13. The van der Waals surface area contributed by atoms with E-state index in [-0.39, 0.29) is 5.54 Å². The van der Waals surface area contributed by atoms with E-state index in [0.29, 0.717) is 0 Å². The molecule has 0 amide bonds. The number of hydrogen-bond donors (Lipinski definition) is 1. The third kappa shape index (κ3) is 2.42. The van der Waals surface area contributed by atoms with Crippen LogP contribution in [0.2, 0.25) is 0 Å². The van der Waals surface area contributed by atoms with E-state index in [0.717, 1.165) is 25.6 Å². The number of nitrogens with zero attached hydrogens (tertiary/aromatic N) is 1. The van der Waals surface area contributed by atoms with Crippen molar-refractivity contribution in [1.29, 1.82) is 0 Å². The predicted molar refractivity (Wildman–Crippen MR) is 75.2 cm³/mol. The Balaban J connectivity index is 2.15. The first-order valence-corrected chi connectivity index (χ1v) is 7.58. The zero-order chi connectivity index (χ0) is 12.3. The van der Waals surface area contributed by atoms with Gasteiger partial charge in [-0.2, -0.15) is 0 Å². The van der Waals surface area contributed by atoms with Crippen molar-refractivity contribution in [2.24, 2.45) is 11.7 Å². The molecule has 2 rings (SSSR count). The van der Waals surface area contributed by atoms with Gasteiger partial charge in [0.1, 0.15) is 0 Å². The molecule has 2 atom stereocenters. The van der Waals surface area contributed by atoms with Crippen LogP contribution in [0.25, 0.3) is 0 Å². The molecule has 1 heterocycles. The number of nitrogens with two attached hydrogens (primary N) is 1. The van der Waals surface area contributed by atoms with Gasteiger partial charge in [0, 0.05) is 23.5 Å². The Bertz CT molecular complexity index is 336. The SMILES string of the molecule is CCN(Cc1cccs1)C1(CN)CCCC1C. The van der Waals surface area contributed by atoms with Crippen LogP contribution in [-0.2, 0) is 6.54 Å². The maximum Gasteiger partial charge on any atom is 0.0360 e. The quantitative estimate of drug-likeness (QED) is 0.872. The lowest BCUT2D eigenvalue weighted by Gasteiger charge is -2.43. The summed E-state index contributed by atoms with van der Waals surface area (Å²) in [5.41, 5.74) is 6.38. The van der Waals surface area contributed by atoms with E-state index >= 15 is 0 Å². The van der Waals surface area contributed by atoms with Gasteiger partial charge in [-0.15, -0.1) is 11.3 Å². The van der Waals surface area contributed by atoms with E-state index in [1.807, 2.05) is 11.3 Å². The molecule has 3 heteroatoms. The summed E-state index contributed by atoms with van der Waals surface area (Å²) in [6.07, 6.45) is 3.93. The molecule has 0 radical (unpaired) electrons. The van der Waals surface area contributed by atoms with Crippen molar-refractivity contribution < 1.29 is 0 Å². The average Bonchev–Trinajstić information content (AvgIpc) is 2.96. The Morgan fingerprint density at radius 3 is 2.88 bits per heavy atom. The van der Waals surface area contributed by atoms with Gasteiger partial charge < -0.3 is 5.73 Å². The number of hydrogen-bond acceptors (Lipinski definition) is 3. The van der Waals surface area contributed by atoms with Crippen LogP contribution in [0.1, 0.15) is 38.0 Å². The second-order valence-corrected chi connectivity index (χ2v) is 6.23. The molecule has 2 unspecified atom stereocenters. The monoisotopic (exact) mass is 252 g/mol. The fourth-order valence-corrected chi connectivity index (χ4v) is 4.03. The average molecular weight is 252 g/mol. The van der Waals surface area contributed by atoms with E-state index in [4.69, 9.17) is 5.73 Å². The maximum atomic E-state index is 6.13. The number of thiophene rings is 1. The van der Waals surface area contributed by atoms with Crippen molar-refractivity contribution in [3.63, 3.8) is 0 Å². The Hall–Kier alpha value is -0.380. The topological polar surface area (TPSA) is 29.3 Å². The molecule has 0 spiro atoms. The van der Waals surface area contributed by atoms with Gasteiger partial charge in [0.15, 0.2) is 0 Å². The highest BCUT2D eigenvalue weighted by Crippen LogP contribution is 2.40. The summed E-state index contributed by atoms with van der Waals surface area (Å²) >= 11 is 1.85. The molecule has 17 heavy (non-hydrogen) atoms. The first-order chi connectivity index (χ1) is 8.23. The minimum atomic E-state index is 0.249. The summed E-state index contributed by atoms with van der Waals surface area (Å²) in [7, 11) is 0. The van der Waals surface area contributed by atoms with Crippen molar-refractivity contribution in [3.8, 4) is 0 Å². The third-order valence-electron chi connectivity index (χ3n) is 4.46. The summed E-state index contributed by atoms with van der Waals surface area (Å²) in [4.78, 5) is 4.06. The summed E-state index contributed by atoms with van der Waals surface area (Å²) < 4.78 is 0. The molecule has 0 aliphatic heterocycles. The largest absolute Gasteiger partial charge is 0.329 e. The zero-order valence-corrected chi connectivity index (χ0v) is 11.8. The van der Waals surface area contributed by atoms with Crippen LogP contribution in [0.3, 0.4) is 0 Å². The van der Waals surface area contributed by atoms with Crippen LogP contribution in [0, 0.1) is 5.92 Å². The lowest BCUT2D eigenvalue weighted by atomic mass is 9.86. The van der Waals surface area contributed by atoms with Crippen LogP contribution < -0.4 is 5.73 Å². The van der Waals surface area contributed by atoms with Gasteiger partial charge in [0.2, 0.25) is 0 Å². The number of likely N-dealkylation sites (N-methyl/N-ethyl adjacent to an activating group) is 1. The molecule has 1 saturated carbocycles. The Kier molecular flexibility index (Phi) is 4.23. The van der Waals surface area contributed by atoms with E-state index in [1.54, 1.807) is 0 Å². The van der Waals surface area contributed by atoms with E-state index in [1.165, 1.54) is 24.1 Å². The first-order valence-electron chi connectivity index (χ1n) is 6.70.